The summed E-state index contributed by atoms with van der Waals surface area (Å²) in [4.78, 5) is 0. The van der Waals surface area contributed by atoms with Gasteiger partial charge in [0.1, 0.15) is 5.75 Å². The Hall–Kier alpha value is -1.10. The topological polar surface area (TPSA) is 27.7 Å². The Balaban J connectivity index is 2.67. The van der Waals surface area contributed by atoms with Gasteiger partial charge in [-0.2, -0.15) is 0 Å². The molecule has 24 heavy (non-hydrogen) atoms. The van der Waals surface area contributed by atoms with Gasteiger partial charge in [0.25, 0.3) is 0 Å². The van der Waals surface area contributed by atoms with E-state index in [1.54, 1.807) is 7.11 Å². The van der Waals surface area contributed by atoms with Crippen LogP contribution in [0.1, 0.15) is 39.7 Å². The molecule has 0 saturated carbocycles. The quantitative estimate of drug-likeness (QED) is 0.364. The number of rotatable bonds is 12. The van der Waals surface area contributed by atoms with Crippen LogP contribution in [0.3, 0.4) is 0 Å². The first-order valence-electron chi connectivity index (χ1n) is 9.07. The first kappa shape index (κ1) is 20.9. The molecular formula is C20H34O3Si. The summed E-state index contributed by atoms with van der Waals surface area (Å²) in [7, 11) is 0.0312. The summed E-state index contributed by atoms with van der Waals surface area (Å²) in [6.07, 6.45) is 2.91. The summed E-state index contributed by atoms with van der Waals surface area (Å²) in [6.45, 7) is 13.4. The molecule has 0 N–H and O–H groups in total. The molecule has 0 heterocycles. The van der Waals surface area contributed by atoms with Crippen LogP contribution in [0.15, 0.2) is 36.9 Å². The van der Waals surface area contributed by atoms with E-state index in [9.17, 15) is 0 Å². The molecule has 136 valence electrons. The first-order chi connectivity index (χ1) is 11.5. The Morgan fingerprint density at radius 1 is 1.08 bits per heavy atom. The highest BCUT2D eigenvalue weighted by molar-refractivity contribution is 6.73. The lowest BCUT2D eigenvalue weighted by Crippen LogP contribution is -2.44. The van der Waals surface area contributed by atoms with E-state index in [0.29, 0.717) is 6.61 Å². The summed E-state index contributed by atoms with van der Waals surface area (Å²) in [5, 5.41) is 0. The van der Waals surface area contributed by atoms with Gasteiger partial charge in [0, 0.05) is 0 Å². The Morgan fingerprint density at radius 2 is 1.67 bits per heavy atom. The third kappa shape index (κ3) is 6.08. The van der Waals surface area contributed by atoms with Gasteiger partial charge in [0.05, 0.1) is 25.9 Å². The van der Waals surface area contributed by atoms with E-state index >= 15 is 0 Å². The lowest BCUT2D eigenvalue weighted by atomic mass is 10.1. The van der Waals surface area contributed by atoms with Crippen LogP contribution in [0.2, 0.25) is 18.1 Å². The molecule has 0 aliphatic rings. The van der Waals surface area contributed by atoms with Crippen molar-refractivity contribution in [3.8, 4) is 5.75 Å². The third-order valence-corrected chi connectivity index (χ3v) is 9.60. The summed E-state index contributed by atoms with van der Waals surface area (Å²) in [6, 6.07) is 11.5. The fourth-order valence-corrected chi connectivity index (χ4v) is 5.81. The summed E-state index contributed by atoms with van der Waals surface area (Å²) in [5.74, 6) is 0.865. The predicted molar refractivity (Wildman–Crippen MR) is 104 cm³/mol. The zero-order chi connectivity index (χ0) is 18.0. The maximum absolute atomic E-state index is 6.64. The second kappa shape index (κ2) is 10.7. The van der Waals surface area contributed by atoms with Crippen molar-refractivity contribution >= 4 is 8.32 Å². The summed E-state index contributed by atoms with van der Waals surface area (Å²) >= 11 is 0. The summed E-state index contributed by atoms with van der Waals surface area (Å²) < 4.78 is 17.9. The van der Waals surface area contributed by atoms with Crippen LogP contribution in [-0.4, -0.2) is 27.6 Å². The fraction of sp³-hybridized carbons (Fsp3) is 0.600. The Labute approximate surface area is 149 Å². The van der Waals surface area contributed by atoms with Crippen LogP contribution in [-0.2, 0) is 15.8 Å². The molecule has 4 heteroatoms. The molecular weight excluding hydrogens is 316 g/mol. The second-order valence-electron chi connectivity index (χ2n) is 6.29. The van der Waals surface area contributed by atoms with Crippen LogP contribution in [0.4, 0.5) is 0 Å². The van der Waals surface area contributed by atoms with Gasteiger partial charge in [-0.15, -0.1) is 6.58 Å². The van der Waals surface area contributed by atoms with Crippen molar-refractivity contribution in [3.63, 3.8) is 0 Å². The highest BCUT2D eigenvalue weighted by Gasteiger charge is 2.33. The average molecular weight is 351 g/mol. The minimum atomic E-state index is -1.65. The van der Waals surface area contributed by atoms with Gasteiger partial charge >= 0.3 is 0 Å². The molecule has 1 rings (SSSR count). The number of benzene rings is 1. The number of ether oxygens (including phenoxy) is 2. The minimum absolute atomic E-state index is 0.0432. The Bertz CT molecular complexity index is 460. The lowest BCUT2D eigenvalue weighted by molar-refractivity contribution is -0.0269. The molecule has 0 bridgehead atoms. The predicted octanol–water partition coefficient (Wildman–Crippen LogP) is 5.57. The molecule has 0 saturated heterocycles. The van der Waals surface area contributed by atoms with Crippen LogP contribution in [0.25, 0.3) is 0 Å². The molecule has 1 aromatic carbocycles. The summed E-state index contributed by atoms with van der Waals surface area (Å²) in [5.41, 5.74) is 1.14. The highest BCUT2D eigenvalue weighted by Crippen LogP contribution is 2.26. The maximum Gasteiger partial charge on any atom is 0.192 e. The van der Waals surface area contributed by atoms with Crippen molar-refractivity contribution in [2.75, 3.05) is 7.11 Å². The van der Waals surface area contributed by atoms with Gasteiger partial charge in [-0.25, -0.2) is 0 Å². The zero-order valence-electron chi connectivity index (χ0n) is 16.0. The molecule has 0 amide bonds. The molecule has 3 nitrogen and oxygen atoms in total. The molecule has 2 atom stereocenters. The van der Waals surface area contributed by atoms with Gasteiger partial charge < -0.3 is 13.9 Å². The van der Waals surface area contributed by atoms with E-state index in [4.69, 9.17) is 13.9 Å². The third-order valence-electron chi connectivity index (χ3n) is 4.93. The van der Waals surface area contributed by atoms with Crippen molar-refractivity contribution < 1.29 is 13.9 Å². The van der Waals surface area contributed by atoms with E-state index in [-0.39, 0.29) is 12.2 Å². The van der Waals surface area contributed by atoms with Crippen LogP contribution in [0, 0.1) is 0 Å². The molecule has 0 unspecified atom stereocenters. The van der Waals surface area contributed by atoms with Gasteiger partial charge in [-0.05, 0) is 49.2 Å². The van der Waals surface area contributed by atoms with Crippen LogP contribution in [0.5, 0.6) is 5.75 Å². The van der Waals surface area contributed by atoms with E-state index in [0.717, 1.165) is 35.9 Å². The van der Waals surface area contributed by atoms with Crippen molar-refractivity contribution in [2.24, 2.45) is 0 Å². The number of methoxy groups -OCH3 is 1. The average Bonchev–Trinajstić information content (AvgIpc) is 2.64. The smallest absolute Gasteiger partial charge is 0.192 e. The maximum atomic E-state index is 6.64. The normalized spacial score (nSPS) is 14.2. The SMILES string of the molecule is C=CC[C@H](O[Si](CC)(CC)CC)[C@H](C)OCc1ccc(OC)cc1. The van der Waals surface area contributed by atoms with E-state index in [1.165, 1.54) is 0 Å². The van der Waals surface area contributed by atoms with Gasteiger partial charge in [0.2, 0.25) is 0 Å². The Morgan fingerprint density at radius 3 is 2.12 bits per heavy atom. The fourth-order valence-electron chi connectivity index (χ4n) is 2.88. The largest absolute Gasteiger partial charge is 0.497 e. The van der Waals surface area contributed by atoms with Crippen molar-refractivity contribution in [1.82, 2.24) is 0 Å². The highest BCUT2D eigenvalue weighted by atomic mass is 28.4. The van der Waals surface area contributed by atoms with E-state index in [2.05, 4.69) is 34.3 Å². The van der Waals surface area contributed by atoms with Crippen LogP contribution < -0.4 is 4.74 Å². The van der Waals surface area contributed by atoms with Crippen LogP contribution >= 0.6 is 0 Å². The number of hydrogen-bond acceptors (Lipinski definition) is 3. The van der Waals surface area contributed by atoms with E-state index in [1.807, 2.05) is 30.3 Å². The van der Waals surface area contributed by atoms with Gasteiger partial charge in [0.15, 0.2) is 8.32 Å². The lowest BCUT2D eigenvalue weighted by Gasteiger charge is -2.35. The molecule has 0 aliphatic carbocycles. The van der Waals surface area contributed by atoms with Gasteiger partial charge in [-0.3, -0.25) is 0 Å². The monoisotopic (exact) mass is 350 g/mol. The molecule has 0 fully saturated rings. The first-order valence-corrected chi connectivity index (χ1v) is 11.6. The standard InChI is InChI=1S/C20H34O3Si/c1-7-11-20(23-24(8-2,9-3)10-4)17(5)22-16-18-12-14-19(21-6)15-13-18/h7,12-15,17,20H,1,8-11,16H2,2-6H3/t17-,20-/m0/s1. The molecule has 1 aromatic rings. The second-order valence-corrected chi connectivity index (χ2v) is 11.0. The molecule has 0 aliphatic heterocycles. The number of hydrogen-bond donors (Lipinski definition) is 0. The zero-order valence-corrected chi connectivity index (χ0v) is 17.0. The Kier molecular flexibility index (Phi) is 9.33. The van der Waals surface area contributed by atoms with E-state index < -0.39 is 8.32 Å². The molecule has 0 radical (unpaired) electrons. The van der Waals surface area contributed by atoms with Crippen molar-refractivity contribution in [2.45, 2.75) is 71.1 Å². The van der Waals surface area contributed by atoms with Crippen molar-refractivity contribution in [1.29, 1.82) is 0 Å². The van der Waals surface area contributed by atoms with Crippen molar-refractivity contribution in [3.05, 3.63) is 42.5 Å². The molecule has 0 spiro atoms. The van der Waals surface area contributed by atoms with Gasteiger partial charge in [-0.1, -0.05) is 39.0 Å². The molecule has 0 aromatic heterocycles. The minimum Gasteiger partial charge on any atom is -0.497 e.